The number of likely N-dealkylation sites (N-methyl/N-ethyl adjacent to an activating group) is 1. The van der Waals surface area contributed by atoms with Gasteiger partial charge in [0.15, 0.2) is 12.3 Å². The number of rotatable bonds is 7. The van der Waals surface area contributed by atoms with E-state index < -0.39 is 35.3 Å². The number of nitrogens with two attached hydrogens (primary N) is 1. The van der Waals surface area contributed by atoms with Gasteiger partial charge >= 0.3 is 11.7 Å². The molecule has 184 valence electrons. The molecule has 0 saturated heterocycles. The number of anilines is 2. The zero-order valence-corrected chi connectivity index (χ0v) is 19.3. The topological polar surface area (TPSA) is 160 Å². The molecule has 2 heterocycles. The van der Waals surface area contributed by atoms with Crippen molar-refractivity contribution >= 4 is 34.3 Å². The summed E-state index contributed by atoms with van der Waals surface area (Å²) in [6, 6.07) is 16.8. The monoisotopic (exact) mass is 489 g/mol. The van der Waals surface area contributed by atoms with Gasteiger partial charge in [-0.3, -0.25) is 23.9 Å². The molecule has 4 aromatic rings. The van der Waals surface area contributed by atoms with Crippen LogP contribution in [0.1, 0.15) is 22.8 Å². The van der Waals surface area contributed by atoms with E-state index in [9.17, 15) is 24.0 Å². The Kier molecular flexibility index (Phi) is 6.81. The van der Waals surface area contributed by atoms with Crippen molar-refractivity contribution in [1.29, 1.82) is 0 Å². The van der Waals surface area contributed by atoms with E-state index in [4.69, 9.17) is 10.5 Å². The molecule has 2 aromatic carbocycles. The lowest BCUT2D eigenvalue weighted by Gasteiger charge is -2.23. The number of nitrogens with one attached hydrogen (secondary N) is 2. The van der Waals surface area contributed by atoms with Gasteiger partial charge in [0.2, 0.25) is 5.56 Å². The lowest BCUT2D eigenvalue weighted by Crippen LogP contribution is -2.42. The fourth-order valence-corrected chi connectivity index (χ4v) is 3.88. The minimum absolute atomic E-state index is 0.000953. The fraction of sp³-hybridized carbons (Fsp3) is 0.160. The highest BCUT2D eigenvalue weighted by Gasteiger charge is 2.24. The summed E-state index contributed by atoms with van der Waals surface area (Å²) in [6.45, 7) is 0.979. The van der Waals surface area contributed by atoms with Crippen molar-refractivity contribution in [1.82, 2.24) is 14.5 Å². The molecule has 11 nitrogen and oxygen atoms in total. The number of carbonyl (C=O) groups excluding carboxylic acids is 2. The Balaban J connectivity index is 1.60. The number of benzene rings is 2. The van der Waals surface area contributed by atoms with Crippen molar-refractivity contribution in [3.63, 3.8) is 0 Å². The molecule has 1 amide bonds. The first kappa shape index (κ1) is 24.2. The molecule has 0 atom stereocenters. The lowest BCUT2D eigenvalue weighted by molar-refractivity contribution is -0.121. The number of nitrogen functional groups attached to an aromatic ring is 1. The smallest absolute Gasteiger partial charge is 0.339 e. The second-order valence-electron chi connectivity index (χ2n) is 7.87. The average molecular weight is 489 g/mol. The van der Waals surface area contributed by atoms with Crippen LogP contribution < -0.4 is 27.4 Å². The fourth-order valence-electron chi connectivity index (χ4n) is 3.88. The molecule has 0 bridgehead atoms. The second kappa shape index (κ2) is 10.1. The highest BCUT2D eigenvalue weighted by atomic mass is 16.5. The molecule has 11 heteroatoms. The van der Waals surface area contributed by atoms with Crippen LogP contribution in [0.2, 0.25) is 0 Å². The van der Waals surface area contributed by atoms with Crippen LogP contribution in [0.3, 0.4) is 0 Å². The highest BCUT2D eigenvalue weighted by Crippen LogP contribution is 2.19. The zero-order chi connectivity index (χ0) is 25.8. The Bertz CT molecular complexity index is 1620. The SMILES string of the molecule is CCN(C(=O)COC(=O)c1cc(=O)[nH]c2ccccc12)c1c(N)n(Cc2ccccc2)c(=O)[nH]c1=O. The van der Waals surface area contributed by atoms with Gasteiger partial charge in [-0.25, -0.2) is 9.59 Å². The van der Waals surface area contributed by atoms with Crippen molar-refractivity contribution in [3.05, 3.63) is 103 Å². The second-order valence-corrected chi connectivity index (χ2v) is 7.87. The average Bonchev–Trinajstić information content (AvgIpc) is 2.87. The molecule has 0 aliphatic rings. The maximum atomic E-state index is 13.0. The van der Waals surface area contributed by atoms with E-state index in [1.54, 1.807) is 55.5 Å². The number of hydrogen-bond donors (Lipinski definition) is 3. The van der Waals surface area contributed by atoms with Crippen molar-refractivity contribution < 1.29 is 14.3 Å². The summed E-state index contributed by atoms with van der Waals surface area (Å²) >= 11 is 0. The van der Waals surface area contributed by atoms with Gasteiger partial charge in [0.1, 0.15) is 5.82 Å². The third kappa shape index (κ3) is 4.80. The predicted molar refractivity (Wildman–Crippen MR) is 134 cm³/mol. The largest absolute Gasteiger partial charge is 0.452 e. The first-order chi connectivity index (χ1) is 17.3. The molecular formula is C25H23N5O6. The molecular weight excluding hydrogens is 466 g/mol. The van der Waals surface area contributed by atoms with E-state index in [0.29, 0.717) is 10.9 Å². The minimum atomic E-state index is -0.877. The number of esters is 1. The maximum Gasteiger partial charge on any atom is 0.339 e. The van der Waals surface area contributed by atoms with Crippen molar-refractivity contribution in [3.8, 4) is 0 Å². The van der Waals surface area contributed by atoms with E-state index in [-0.39, 0.29) is 30.2 Å². The molecule has 0 aliphatic heterocycles. The van der Waals surface area contributed by atoms with E-state index in [0.717, 1.165) is 21.1 Å². The zero-order valence-electron chi connectivity index (χ0n) is 19.3. The molecule has 0 saturated carbocycles. The quantitative estimate of drug-likeness (QED) is 0.329. The number of aromatic amines is 2. The van der Waals surface area contributed by atoms with Gasteiger partial charge in [-0.2, -0.15) is 0 Å². The van der Waals surface area contributed by atoms with Gasteiger partial charge in [-0.15, -0.1) is 0 Å². The number of carbonyl (C=O) groups is 2. The number of para-hydroxylation sites is 1. The molecule has 0 fully saturated rings. The molecule has 0 aliphatic carbocycles. The van der Waals surface area contributed by atoms with Gasteiger partial charge in [0.25, 0.3) is 11.5 Å². The Morgan fingerprint density at radius 2 is 1.69 bits per heavy atom. The van der Waals surface area contributed by atoms with Crippen molar-refractivity contribution in [2.45, 2.75) is 13.5 Å². The normalized spacial score (nSPS) is 10.8. The van der Waals surface area contributed by atoms with E-state index in [1.165, 1.54) is 0 Å². The Labute approximate surface area is 203 Å². The first-order valence-electron chi connectivity index (χ1n) is 11.1. The highest BCUT2D eigenvalue weighted by molar-refractivity contribution is 6.04. The molecule has 2 aromatic heterocycles. The van der Waals surface area contributed by atoms with E-state index in [1.807, 2.05) is 6.07 Å². The summed E-state index contributed by atoms with van der Waals surface area (Å²) in [4.78, 5) is 68.5. The number of H-pyrrole nitrogens is 2. The molecule has 0 unspecified atom stereocenters. The summed E-state index contributed by atoms with van der Waals surface area (Å²) in [5, 5.41) is 0.454. The lowest BCUT2D eigenvalue weighted by atomic mass is 10.1. The molecule has 4 N–H and O–H groups in total. The van der Waals surface area contributed by atoms with E-state index >= 15 is 0 Å². The van der Waals surface area contributed by atoms with Gasteiger partial charge in [0, 0.05) is 23.5 Å². The van der Waals surface area contributed by atoms with Gasteiger partial charge in [-0.1, -0.05) is 48.5 Å². The minimum Gasteiger partial charge on any atom is -0.452 e. The Hall–Kier alpha value is -4.93. The summed E-state index contributed by atoms with van der Waals surface area (Å²) < 4.78 is 6.33. The summed E-state index contributed by atoms with van der Waals surface area (Å²) in [5.74, 6) is -1.81. The maximum absolute atomic E-state index is 13.0. The van der Waals surface area contributed by atoms with E-state index in [2.05, 4.69) is 9.97 Å². The van der Waals surface area contributed by atoms with Crippen LogP contribution in [-0.4, -0.2) is 39.6 Å². The van der Waals surface area contributed by atoms with Crippen molar-refractivity contribution in [2.75, 3.05) is 23.8 Å². The number of fused-ring (bicyclic) bond motifs is 1. The summed E-state index contributed by atoms with van der Waals surface area (Å²) in [6.07, 6.45) is 0. The predicted octanol–water partition coefficient (Wildman–Crippen LogP) is 1.22. The van der Waals surface area contributed by atoms with Gasteiger partial charge in [0.05, 0.1) is 12.1 Å². The molecule has 36 heavy (non-hydrogen) atoms. The number of pyridine rings is 1. The Morgan fingerprint density at radius 3 is 2.42 bits per heavy atom. The molecule has 4 rings (SSSR count). The number of hydrogen-bond acceptors (Lipinski definition) is 7. The van der Waals surface area contributed by atoms with Crippen LogP contribution in [0.5, 0.6) is 0 Å². The first-order valence-corrected chi connectivity index (χ1v) is 11.1. The summed E-state index contributed by atoms with van der Waals surface area (Å²) in [7, 11) is 0. The van der Waals surface area contributed by atoms with Crippen LogP contribution in [0.25, 0.3) is 10.9 Å². The Morgan fingerprint density at radius 1 is 1.00 bits per heavy atom. The molecule has 0 spiro atoms. The van der Waals surface area contributed by atoms with Crippen LogP contribution in [0.4, 0.5) is 11.5 Å². The van der Waals surface area contributed by atoms with Crippen LogP contribution in [-0.2, 0) is 16.1 Å². The van der Waals surface area contributed by atoms with Crippen LogP contribution >= 0.6 is 0 Å². The van der Waals surface area contributed by atoms with Crippen molar-refractivity contribution in [2.24, 2.45) is 0 Å². The standard InChI is InChI=1S/C25H23N5O6/c1-2-29(21-22(26)30(25(35)28-23(21)33)13-15-8-4-3-5-9-15)20(32)14-36-24(34)17-12-19(31)27-18-11-7-6-10-16(17)18/h3-12H,2,13-14,26H2,1H3,(H,27,31)(H,28,33,35). The summed E-state index contributed by atoms with van der Waals surface area (Å²) in [5.41, 5.74) is 5.09. The molecule has 0 radical (unpaired) electrons. The third-order valence-corrected chi connectivity index (χ3v) is 5.58. The van der Waals surface area contributed by atoms with Crippen LogP contribution in [0.15, 0.2) is 75.0 Å². The number of aromatic nitrogens is 3. The van der Waals surface area contributed by atoms with Crippen LogP contribution in [0, 0.1) is 0 Å². The number of ether oxygens (including phenoxy) is 1. The number of nitrogens with zero attached hydrogens (tertiary/aromatic N) is 2. The van der Waals surface area contributed by atoms with Gasteiger partial charge in [-0.05, 0) is 18.6 Å². The number of amides is 1. The third-order valence-electron chi connectivity index (χ3n) is 5.58. The van der Waals surface area contributed by atoms with Gasteiger partial charge < -0.3 is 20.4 Å².